The summed E-state index contributed by atoms with van der Waals surface area (Å²) in [6.07, 6.45) is 0.215. The van der Waals surface area contributed by atoms with Crippen molar-refractivity contribution in [2.45, 2.75) is 13.0 Å². The molecule has 1 aliphatic heterocycles. The van der Waals surface area contributed by atoms with E-state index in [4.69, 9.17) is 33.5 Å². The number of carbonyl (C=O) groups excluding carboxylic acids is 1. The molecule has 2 aromatic carbocycles. The Morgan fingerprint density at radius 1 is 0.976 bits per heavy atom. The minimum Gasteiger partial charge on any atom is -0.469 e. The Morgan fingerprint density at radius 2 is 1.61 bits per heavy atom. The highest BCUT2D eigenvalue weighted by molar-refractivity contribution is 7.80. The number of hydrogen-bond acceptors (Lipinski definition) is 7. The van der Waals surface area contributed by atoms with Crippen LogP contribution in [0.5, 0.6) is 0 Å². The van der Waals surface area contributed by atoms with Crippen molar-refractivity contribution in [2.24, 2.45) is 14.1 Å². The number of esters is 1. The van der Waals surface area contributed by atoms with Gasteiger partial charge in [-0.25, -0.2) is 4.79 Å². The fourth-order valence-corrected chi connectivity index (χ4v) is 5.28. The highest BCUT2D eigenvalue weighted by Crippen LogP contribution is 2.23. The largest absolute Gasteiger partial charge is 0.469 e. The van der Waals surface area contributed by atoms with Gasteiger partial charge < -0.3 is 19.9 Å². The lowest BCUT2D eigenvalue weighted by Crippen LogP contribution is -2.50. The highest BCUT2D eigenvalue weighted by Gasteiger charge is 2.26. The summed E-state index contributed by atoms with van der Waals surface area (Å²) in [4.78, 5) is 46.4. The molecule has 5 rings (SSSR count). The number of aryl methyl sites for hydroxylation is 1. The van der Waals surface area contributed by atoms with Crippen molar-refractivity contribution >= 4 is 57.7 Å². The first-order chi connectivity index (χ1) is 19.7. The van der Waals surface area contributed by atoms with Crippen LogP contribution < -0.4 is 21.5 Å². The molecular formula is C28H30ClN7O4S. The Kier molecular flexibility index (Phi) is 8.13. The molecule has 0 spiro atoms. The molecule has 2 aromatic heterocycles. The van der Waals surface area contributed by atoms with Gasteiger partial charge in [0, 0.05) is 51.0 Å². The first kappa shape index (κ1) is 28.4. The molecule has 41 heavy (non-hydrogen) atoms. The minimum atomic E-state index is -0.426. The molecule has 214 valence electrons. The Bertz CT molecular complexity index is 1720. The standard InChI is InChI=1S/C28H30ClN7O4S/c1-32-24-23(25(38)33(2)28(32)39)36(17-19-4-8-20(29)9-5-19)26(31-24)34-12-14-35(15-13-34)27(41)30-21-10-6-18(7-11-21)16-22(37)40-3/h4-11H,12-17H2,1-3H3,(H,30,41). The number of aromatic nitrogens is 4. The molecule has 1 N–H and O–H groups in total. The molecule has 11 nitrogen and oxygen atoms in total. The number of ether oxygens (including phenoxy) is 1. The number of nitrogens with one attached hydrogen (secondary N) is 1. The average molecular weight is 596 g/mol. The van der Waals surface area contributed by atoms with Gasteiger partial charge in [0.15, 0.2) is 16.3 Å². The minimum absolute atomic E-state index is 0.215. The van der Waals surface area contributed by atoms with E-state index in [1.807, 2.05) is 53.1 Å². The Balaban J connectivity index is 1.35. The van der Waals surface area contributed by atoms with Crippen LogP contribution in [0.25, 0.3) is 11.2 Å². The van der Waals surface area contributed by atoms with E-state index in [-0.39, 0.29) is 12.4 Å². The zero-order chi connectivity index (χ0) is 29.3. The summed E-state index contributed by atoms with van der Waals surface area (Å²) in [5.41, 5.74) is 2.53. The molecule has 0 amide bonds. The maximum Gasteiger partial charge on any atom is 0.332 e. The van der Waals surface area contributed by atoms with Crippen molar-refractivity contribution in [3.63, 3.8) is 0 Å². The number of methoxy groups -OCH3 is 1. The van der Waals surface area contributed by atoms with Gasteiger partial charge in [-0.15, -0.1) is 0 Å². The lowest BCUT2D eigenvalue weighted by atomic mass is 10.1. The van der Waals surface area contributed by atoms with Crippen LogP contribution in [0.15, 0.2) is 58.1 Å². The average Bonchev–Trinajstić information content (AvgIpc) is 3.36. The van der Waals surface area contributed by atoms with E-state index in [1.165, 1.54) is 18.7 Å². The van der Waals surface area contributed by atoms with Crippen LogP contribution in [-0.2, 0) is 36.6 Å². The number of carbonyl (C=O) groups is 1. The Hall–Kier alpha value is -4.16. The van der Waals surface area contributed by atoms with Crippen LogP contribution in [-0.4, -0.2) is 68.0 Å². The molecule has 0 radical (unpaired) electrons. The number of halogens is 1. The first-order valence-electron chi connectivity index (χ1n) is 13.0. The second kappa shape index (κ2) is 11.8. The van der Waals surface area contributed by atoms with Gasteiger partial charge in [0.05, 0.1) is 20.1 Å². The van der Waals surface area contributed by atoms with E-state index in [1.54, 1.807) is 7.05 Å². The van der Waals surface area contributed by atoms with Crippen LogP contribution in [0.2, 0.25) is 5.02 Å². The van der Waals surface area contributed by atoms with E-state index in [0.29, 0.717) is 60.0 Å². The smallest absolute Gasteiger partial charge is 0.332 e. The van der Waals surface area contributed by atoms with Gasteiger partial charge in [-0.2, -0.15) is 4.98 Å². The summed E-state index contributed by atoms with van der Waals surface area (Å²) in [6, 6.07) is 14.9. The normalized spacial score (nSPS) is 13.5. The monoisotopic (exact) mass is 595 g/mol. The lowest BCUT2D eigenvalue weighted by Gasteiger charge is -2.36. The predicted molar refractivity (Wildman–Crippen MR) is 163 cm³/mol. The van der Waals surface area contributed by atoms with Crippen molar-refractivity contribution in [1.29, 1.82) is 0 Å². The third-order valence-electron chi connectivity index (χ3n) is 7.21. The Morgan fingerprint density at radius 3 is 2.24 bits per heavy atom. The van der Waals surface area contributed by atoms with Crippen molar-refractivity contribution < 1.29 is 9.53 Å². The fraction of sp³-hybridized carbons (Fsp3) is 0.321. The number of hydrogen-bond donors (Lipinski definition) is 1. The maximum absolute atomic E-state index is 13.3. The van der Waals surface area contributed by atoms with E-state index in [2.05, 4.69) is 15.1 Å². The zero-order valence-corrected chi connectivity index (χ0v) is 24.5. The maximum atomic E-state index is 13.3. The highest BCUT2D eigenvalue weighted by atomic mass is 35.5. The molecule has 0 bridgehead atoms. The van der Waals surface area contributed by atoms with Crippen LogP contribution >= 0.6 is 23.8 Å². The lowest BCUT2D eigenvalue weighted by molar-refractivity contribution is -0.139. The topological polar surface area (TPSA) is 107 Å². The Labute approximate surface area is 246 Å². The molecule has 3 heterocycles. The summed E-state index contributed by atoms with van der Waals surface area (Å²) in [5, 5.41) is 4.49. The molecule has 13 heteroatoms. The second-order valence-electron chi connectivity index (χ2n) is 9.86. The SMILES string of the molecule is COC(=O)Cc1ccc(NC(=S)N2CCN(c3nc4c(c(=O)n(C)c(=O)n4C)n3Cc3ccc(Cl)cc3)CC2)cc1. The predicted octanol–water partition coefficient (Wildman–Crippen LogP) is 2.37. The van der Waals surface area contributed by atoms with Crippen LogP contribution in [0.3, 0.4) is 0 Å². The molecule has 0 aliphatic carbocycles. The van der Waals surface area contributed by atoms with Gasteiger partial charge in [-0.1, -0.05) is 35.9 Å². The quantitative estimate of drug-likeness (QED) is 0.266. The number of imidazole rings is 1. The third-order valence-corrected chi connectivity index (χ3v) is 7.83. The van der Waals surface area contributed by atoms with Gasteiger partial charge >= 0.3 is 11.7 Å². The van der Waals surface area contributed by atoms with E-state index < -0.39 is 11.2 Å². The molecule has 0 unspecified atom stereocenters. The van der Waals surface area contributed by atoms with Crippen molar-refractivity contribution in [2.75, 3.05) is 43.5 Å². The zero-order valence-electron chi connectivity index (χ0n) is 23.0. The number of nitrogens with zero attached hydrogens (tertiary/aromatic N) is 6. The van der Waals surface area contributed by atoms with Gasteiger partial charge in [-0.3, -0.25) is 23.3 Å². The van der Waals surface area contributed by atoms with Crippen LogP contribution in [0.1, 0.15) is 11.1 Å². The van der Waals surface area contributed by atoms with E-state index >= 15 is 0 Å². The second-order valence-corrected chi connectivity index (χ2v) is 10.7. The summed E-state index contributed by atoms with van der Waals surface area (Å²) in [7, 11) is 4.47. The third kappa shape index (κ3) is 5.84. The number of piperazine rings is 1. The first-order valence-corrected chi connectivity index (χ1v) is 13.8. The molecular weight excluding hydrogens is 566 g/mol. The van der Waals surface area contributed by atoms with Crippen LogP contribution in [0, 0.1) is 0 Å². The van der Waals surface area contributed by atoms with Gasteiger partial charge in [-0.05, 0) is 47.6 Å². The van der Waals surface area contributed by atoms with E-state index in [0.717, 1.165) is 21.4 Å². The van der Waals surface area contributed by atoms with Gasteiger partial charge in [0.25, 0.3) is 5.56 Å². The van der Waals surface area contributed by atoms with Crippen molar-refractivity contribution in [3.8, 4) is 0 Å². The molecule has 4 aromatic rings. The van der Waals surface area contributed by atoms with E-state index in [9.17, 15) is 14.4 Å². The number of thiocarbonyl (C=S) groups is 1. The number of rotatable bonds is 6. The molecule has 0 atom stereocenters. The van der Waals surface area contributed by atoms with Crippen molar-refractivity contribution in [1.82, 2.24) is 23.6 Å². The number of fused-ring (bicyclic) bond motifs is 1. The van der Waals surface area contributed by atoms with Crippen LogP contribution in [0.4, 0.5) is 11.6 Å². The van der Waals surface area contributed by atoms with Gasteiger partial charge in [0.2, 0.25) is 5.95 Å². The molecule has 1 aliphatic rings. The number of anilines is 2. The molecule has 0 saturated carbocycles. The number of benzene rings is 2. The molecule has 1 fully saturated rings. The summed E-state index contributed by atoms with van der Waals surface area (Å²) < 4.78 is 9.11. The fourth-order valence-electron chi connectivity index (χ4n) is 4.86. The van der Waals surface area contributed by atoms with Gasteiger partial charge in [0.1, 0.15) is 0 Å². The van der Waals surface area contributed by atoms with Crippen molar-refractivity contribution in [3.05, 3.63) is 85.5 Å². The molecule has 1 saturated heterocycles. The summed E-state index contributed by atoms with van der Waals surface area (Å²) >= 11 is 11.8. The summed E-state index contributed by atoms with van der Waals surface area (Å²) in [6.45, 7) is 2.87. The summed E-state index contributed by atoms with van der Waals surface area (Å²) in [5.74, 6) is 0.330.